The Morgan fingerprint density at radius 1 is 1.38 bits per heavy atom. The van der Waals surface area contributed by atoms with Crippen molar-refractivity contribution in [3.8, 4) is 0 Å². The van der Waals surface area contributed by atoms with Crippen LogP contribution in [0.1, 0.15) is 0 Å². The van der Waals surface area contributed by atoms with Gasteiger partial charge in [0.25, 0.3) is 0 Å². The standard InChI is InChI=1S/C9H4BrFO2/c10-5-3-6(11)9-7(12)1-2-13-8(9)4-5/h1-4H. The van der Waals surface area contributed by atoms with Crippen molar-refractivity contribution in [2.24, 2.45) is 0 Å². The van der Waals surface area contributed by atoms with Gasteiger partial charge in [0, 0.05) is 10.5 Å². The van der Waals surface area contributed by atoms with Crippen LogP contribution in [0.5, 0.6) is 0 Å². The Morgan fingerprint density at radius 3 is 2.92 bits per heavy atom. The number of fused-ring (bicyclic) bond motifs is 1. The Morgan fingerprint density at radius 2 is 2.15 bits per heavy atom. The van der Waals surface area contributed by atoms with Crippen LogP contribution in [0.25, 0.3) is 11.0 Å². The minimum absolute atomic E-state index is 0.00861. The van der Waals surface area contributed by atoms with Gasteiger partial charge in [0.05, 0.1) is 6.26 Å². The van der Waals surface area contributed by atoms with Crippen LogP contribution >= 0.6 is 15.9 Å². The van der Waals surface area contributed by atoms with Crippen molar-refractivity contribution in [2.75, 3.05) is 0 Å². The van der Waals surface area contributed by atoms with E-state index in [0.29, 0.717) is 4.47 Å². The van der Waals surface area contributed by atoms with Crippen molar-refractivity contribution >= 4 is 26.9 Å². The maximum absolute atomic E-state index is 13.2. The molecule has 0 amide bonds. The van der Waals surface area contributed by atoms with Crippen molar-refractivity contribution in [3.05, 3.63) is 45.0 Å². The zero-order chi connectivity index (χ0) is 9.42. The molecule has 0 saturated carbocycles. The van der Waals surface area contributed by atoms with E-state index < -0.39 is 5.82 Å². The molecule has 0 spiro atoms. The number of halogens is 2. The molecule has 1 heterocycles. The highest BCUT2D eigenvalue weighted by Crippen LogP contribution is 2.20. The first-order valence-electron chi connectivity index (χ1n) is 3.55. The van der Waals surface area contributed by atoms with Crippen LogP contribution < -0.4 is 5.43 Å². The average Bonchev–Trinajstić information content (AvgIpc) is 2.02. The SMILES string of the molecule is O=c1ccoc2cc(Br)cc(F)c12. The molecule has 0 aliphatic rings. The van der Waals surface area contributed by atoms with Gasteiger partial charge in [0.2, 0.25) is 0 Å². The Hall–Kier alpha value is -1.16. The number of hydrogen-bond donors (Lipinski definition) is 0. The highest BCUT2D eigenvalue weighted by atomic mass is 79.9. The molecule has 66 valence electrons. The fraction of sp³-hybridized carbons (Fsp3) is 0. The fourth-order valence-corrected chi connectivity index (χ4v) is 1.54. The third-order valence-electron chi connectivity index (χ3n) is 1.68. The summed E-state index contributed by atoms with van der Waals surface area (Å²) in [6.07, 6.45) is 1.25. The second kappa shape index (κ2) is 2.96. The molecule has 0 bridgehead atoms. The molecule has 0 saturated heterocycles. The van der Waals surface area contributed by atoms with Crippen LogP contribution in [0.3, 0.4) is 0 Å². The van der Waals surface area contributed by atoms with Crippen LogP contribution in [0.2, 0.25) is 0 Å². The summed E-state index contributed by atoms with van der Waals surface area (Å²) in [7, 11) is 0. The van der Waals surface area contributed by atoms with E-state index in [0.717, 1.165) is 0 Å². The summed E-state index contributed by atoms with van der Waals surface area (Å²) in [5.74, 6) is -0.571. The van der Waals surface area contributed by atoms with E-state index in [4.69, 9.17) is 4.42 Å². The smallest absolute Gasteiger partial charge is 0.195 e. The van der Waals surface area contributed by atoms with Gasteiger partial charge in [-0.3, -0.25) is 4.79 Å². The lowest BCUT2D eigenvalue weighted by atomic mass is 10.2. The Kier molecular flexibility index (Phi) is 1.92. The van der Waals surface area contributed by atoms with E-state index in [-0.39, 0.29) is 16.4 Å². The zero-order valence-corrected chi connectivity index (χ0v) is 7.97. The Balaban J connectivity index is 3.03. The van der Waals surface area contributed by atoms with Gasteiger partial charge in [0.15, 0.2) is 5.43 Å². The van der Waals surface area contributed by atoms with Gasteiger partial charge in [-0.05, 0) is 12.1 Å². The molecule has 0 unspecified atom stereocenters. The van der Waals surface area contributed by atoms with Crippen LogP contribution in [-0.4, -0.2) is 0 Å². The lowest BCUT2D eigenvalue weighted by molar-refractivity contribution is 0.591. The first-order valence-corrected chi connectivity index (χ1v) is 4.34. The van der Waals surface area contributed by atoms with E-state index in [9.17, 15) is 9.18 Å². The highest BCUT2D eigenvalue weighted by Gasteiger charge is 2.07. The monoisotopic (exact) mass is 242 g/mol. The minimum atomic E-state index is -0.571. The van der Waals surface area contributed by atoms with E-state index in [1.165, 1.54) is 18.4 Å². The normalized spacial score (nSPS) is 10.6. The topological polar surface area (TPSA) is 30.2 Å². The molecule has 0 radical (unpaired) electrons. The molecule has 2 aromatic rings. The van der Waals surface area contributed by atoms with Gasteiger partial charge in [0.1, 0.15) is 16.8 Å². The molecule has 0 aliphatic heterocycles. The van der Waals surface area contributed by atoms with Crippen LogP contribution in [0, 0.1) is 5.82 Å². The van der Waals surface area contributed by atoms with Gasteiger partial charge >= 0.3 is 0 Å². The maximum atomic E-state index is 13.2. The zero-order valence-electron chi connectivity index (χ0n) is 6.38. The predicted molar refractivity (Wildman–Crippen MR) is 50.1 cm³/mol. The van der Waals surface area contributed by atoms with E-state index >= 15 is 0 Å². The molecule has 1 aromatic heterocycles. The molecule has 0 aliphatic carbocycles. The second-order valence-electron chi connectivity index (χ2n) is 2.55. The summed E-state index contributed by atoms with van der Waals surface area (Å²) < 4.78 is 18.8. The van der Waals surface area contributed by atoms with Crippen LogP contribution in [0.4, 0.5) is 4.39 Å². The predicted octanol–water partition coefficient (Wildman–Crippen LogP) is 2.69. The summed E-state index contributed by atoms with van der Waals surface area (Å²) in [6.45, 7) is 0. The van der Waals surface area contributed by atoms with Gasteiger partial charge in [-0.2, -0.15) is 0 Å². The first kappa shape index (κ1) is 8.44. The average molecular weight is 243 g/mol. The van der Waals surface area contributed by atoms with Crippen LogP contribution in [0.15, 0.2) is 38.1 Å². The molecule has 1 aromatic carbocycles. The Bertz CT molecular complexity index is 518. The first-order chi connectivity index (χ1) is 6.18. The summed E-state index contributed by atoms with van der Waals surface area (Å²) >= 11 is 3.11. The number of benzene rings is 1. The third kappa shape index (κ3) is 1.37. The lowest BCUT2D eigenvalue weighted by Crippen LogP contribution is -2.00. The largest absolute Gasteiger partial charge is 0.464 e. The molecular formula is C9H4BrFO2. The molecule has 0 N–H and O–H groups in total. The fourth-order valence-electron chi connectivity index (χ4n) is 1.13. The molecule has 0 atom stereocenters. The third-order valence-corrected chi connectivity index (χ3v) is 2.14. The molecule has 2 nitrogen and oxygen atoms in total. The van der Waals surface area contributed by atoms with Crippen molar-refractivity contribution in [1.82, 2.24) is 0 Å². The van der Waals surface area contributed by atoms with E-state index in [2.05, 4.69) is 15.9 Å². The lowest BCUT2D eigenvalue weighted by Gasteiger charge is -1.97. The Labute approximate surface area is 81.1 Å². The summed E-state index contributed by atoms with van der Waals surface area (Å²) in [5.41, 5.74) is -0.120. The quantitative estimate of drug-likeness (QED) is 0.712. The van der Waals surface area contributed by atoms with Crippen molar-refractivity contribution < 1.29 is 8.81 Å². The molecule has 13 heavy (non-hydrogen) atoms. The second-order valence-corrected chi connectivity index (χ2v) is 3.46. The van der Waals surface area contributed by atoms with Gasteiger partial charge in [-0.25, -0.2) is 4.39 Å². The number of rotatable bonds is 0. The summed E-state index contributed by atoms with van der Waals surface area (Å²) in [5, 5.41) is -0.00861. The molecule has 0 fully saturated rings. The van der Waals surface area contributed by atoms with Crippen LogP contribution in [-0.2, 0) is 0 Å². The van der Waals surface area contributed by atoms with Gasteiger partial charge < -0.3 is 4.42 Å². The van der Waals surface area contributed by atoms with E-state index in [1.807, 2.05) is 0 Å². The molecule has 4 heteroatoms. The molecule has 2 rings (SSSR count). The summed E-state index contributed by atoms with van der Waals surface area (Å²) in [6, 6.07) is 3.98. The molecular weight excluding hydrogens is 239 g/mol. The van der Waals surface area contributed by atoms with Crippen molar-refractivity contribution in [2.45, 2.75) is 0 Å². The van der Waals surface area contributed by atoms with E-state index in [1.54, 1.807) is 6.07 Å². The van der Waals surface area contributed by atoms with Crippen molar-refractivity contribution in [1.29, 1.82) is 0 Å². The summed E-state index contributed by atoms with van der Waals surface area (Å²) in [4.78, 5) is 11.2. The van der Waals surface area contributed by atoms with Crippen molar-refractivity contribution in [3.63, 3.8) is 0 Å². The number of hydrogen-bond acceptors (Lipinski definition) is 2. The highest BCUT2D eigenvalue weighted by molar-refractivity contribution is 9.10. The van der Waals surface area contributed by atoms with Gasteiger partial charge in [-0.15, -0.1) is 0 Å². The maximum Gasteiger partial charge on any atom is 0.195 e. The minimum Gasteiger partial charge on any atom is -0.464 e. The van der Waals surface area contributed by atoms with Gasteiger partial charge in [-0.1, -0.05) is 15.9 Å².